The second-order valence-corrected chi connectivity index (χ2v) is 11.5. The first kappa shape index (κ1) is 37.4. The Labute approximate surface area is 264 Å². The van der Waals surface area contributed by atoms with Gasteiger partial charge in [-0.2, -0.15) is 0 Å². The number of hydrogen-bond acceptors (Lipinski definition) is 11. The summed E-state index contributed by atoms with van der Waals surface area (Å²) in [6, 6.07) is 1.24. The molecule has 13 heteroatoms. The molecule has 1 heterocycles. The lowest BCUT2D eigenvalue weighted by Gasteiger charge is -2.30. The second-order valence-electron chi connectivity index (χ2n) is 11.5. The Morgan fingerprint density at radius 1 is 1.22 bits per heavy atom. The van der Waals surface area contributed by atoms with Gasteiger partial charge in [0.15, 0.2) is 6.10 Å². The lowest BCUT2D eigenvalue weighted by Crippen LogP contribution is -2.38. The number of aliphatic hydroxyl groups is 2. The van der Waals surface area contributed by atoms with Crippen LogP contribution in [0.5, 0.6) is 11.5 Å². The molecule has 1 aliphatic heterocycles. The van der Waals surface area contributed by atoms with E-state index in [2.05, 4.69) is 10.3 Å². The summed E-state index contributed by atoms with van der Waals surface area (Å²) in [6.07, 6.45) is 3.36. The maximum absolute atomic E-state index is 13.1. The van der Waals surface area contributed by atoms with Crippen LogP contribution < -0.4 is 11.1 Å². The molecular formula is C32H48N4O9. The molecule has 0 aliphatic carbocycles. The van der Waals surface area contributed by atoms with Gasteiger partial charge in [0.05, 0.1) is 24.5 Å². The van der Waals surface area contributed by atoms with Crippen molar-refractivity contribution >= 4 is 29.6 Å². The Bertz CT molecular complexity index is 1290. The quantitative estimate of drug-likeness (QED) is 0.113. The van der Waals surface area contributed by atoms with Crippen LogP contribution in [0, 0.1) is 11.8 Å². The molecule has 0 spiro atoms. The number of aromatic hydroxyl groups is 2. The Morgan fingerprint density at radius 2 is 1.91 bits per heavy atom. The number of carbonyl (C=O) groups is 2. The number of hydrogen-bond donors (Lipinski definition) is 6. The van der Waals surface area contributed by atoms with Gasteiger partial charge >= 0.3 is 6.09 Å². The van der Waals surface area contributed by atoms with E-state index in [1.807, 2.05) is 25.9 Å². The Morgan fingerprint density at radius 3 is 2.49 bits per heavy atom. The van der Waals surface area contributed by atoms with Crippen LogP contribution in [0.3, 0.4) is 0 Å². The molecule has 0 unspecified atom stereocenters. The molecule has 1 aromatic carbocycles. The number of amides is 2. The van der Waals surface area contributed by atoms with E-state index in [9.17, 15) is 30.0 Å². The molecule has 0 saturated carbocycles. The SMILES string of the molecule is CO[C@H]1C=CC=C(C)C(=O)Nc2cc(O)c(N=CCN(C)C)c(c2O)C[C@@H](C)C[C@H](OC)[C@H](O)[C@@H](C)C=C(CO)[C@@H]1OC(N)=O. The molecule has 45 heavy (non-hydrogen) atoms. The zero-order chi connectivity index (χ0) is 33.8. The van der Waals surface area contributed by atoms with Crippen LogP contribution >= 0.6 is 0 Å². The highest BCUT2D eigenvalue weighted by Crippen LogP contribution is 2.44. The Hall–Kier alpha value is -3.75. The number of nitrogens with zero attached hydrogens (tertiary/aromatic N) is 2. The molecule has 0 radical (unpaired) electrons. The minimum absolute atomic E-state index is 0.000619. The number of phenols is 2. The zero-order valence-corrected chi connectivity index (χ0v) is 27.1. The predicted molar refractivity (Wildman–Crippen MR) is 172 cm³/mol. The van der Waals surface area contributed by atoms with E-state index in [1.165, 1.54) is 38.5 Å². The van der Waals surface area contributed by atoms with Crippen LogP contribution in [-0.2, 0) is 25.4 Å². The van der Waals surface area contributed by atoms with Crippen molar-refractivity contribution < 1.29 is 44.2 Å². The normalized spacial score (nSPS) is 25.6. The van der Waals surface area contributed by atoms with Gasteiger partial charge in [-0.15, -0.1) is 0 Å². The van der Waals surface area contributed by atoms with Gasteiger partial charge < -0.3 is 50.6 Å². The van der Waals surface area contributed by atoms with Gasteiger partial charge in [0.1, 0.15) is 23.3 Å². The summed E-state index contributed by atoms with van der Waals surface area (Å²) in [5, 5.41) is 46.5. The van der Waals surface area contributed by atoms with E-state index >= 15 is 0 Å². The first-order valence-corrected chi connectivity index (χ1v) is 14.7. The first-order chi connectivity index (χ1) is 21.2. The molecule has 13 nitrogen and oxygen atoms in total. The van der Waals surface area contributed by atoms with E-state index in [4.69, 9.17) is 19.9 Å². The van der Waals surface area contributed by atoms with Crippen LogP contribution in [0.15, 0.2) is 46.5 Å². The lowest BCUT2D eigenvalue weighted by molar-refractivity contribution is -0.112. The first-order valence-electron chi connectivity index (χ1n) is 14.7. The second kappa shape index (κ2) is 17.7. The van der Waals surface area contributed by atoms with E-state index in [-0.39, 0.29) is 46.4 Å². The van der Waals surface area contributed by atoms with Gasteiger partial charge in [-0.1, -0.05) is 38.2 Å². The topological polar surface area (TPSA) is 196 Å². The highest BCUT2D eigenvalue weighted by molar-refractivity contribution is 6.04. The van der Waals surface area contributed by atoms with E-state index < -0.39 is 48.9 Å². The van der Waals surface area contributed by atoms with E-state index in [0.29, 0.717) is 18.5 Å². The Kier molecular flexibility index (Phi) is 14.7. The van der Waals surface area contributed by atoms with Crippen molar-refractivity contribution in [3.63, 3.8) is 0 Å². The molecule has 2 rings (SSSR count). The Balaban J connectivity index is 2.72. The number of rotatable bonds is 7. The fourth-order valence-corrected chi connectivity index (χ4v) is 5.03. The fraction of sp³-hybridized carbons (Fsp3) is 0.531. The van der Waals surface area contributed by atoms with Crippen LogP contribution in [0.2, 0.25) is 0 Å². The van der Waals surface area contributed by atoms with Crippen molar-refractivity contribution in [2.75, 3.05) is 46.8 Å². The number of carbonyl (C=O) groups excluding carboxylic acids is 2. The lowest BCUT2D eigenvalue weighted by atomic mass is 9.87. The minimum atomic E-state index is -1.14. The van der Waals surface area contributed by atoms with E-state index in [1.54, 1.807) is 26.1 Å². The third-order valence-electron chi connectivity index (χ3n) is 7.52. The maximum atomic E-state index is 13.1. The highest BCUT2D eigenvalue weighted by Gasteiger charge is 2.31. The predicted octanol–water partition coefficient (Wildman–Crippen LogP) is 2.79. The highest BCUT2D eigenvalue weighted by atomic mass is 16.6. The maximum Gasteiger partial charge on any atom is 0.405 e. The number of ether oxygens (including phenoxy) is 3. The van der Waals surface area contributed by atoms with Gasteiger partial charge in [0, 0.05) is 50.1 Å². The number of nitrogens with one attached hydrogen (secondary N) is 1. The molecule has 2 amide bonds. The smallest absolute Gasteiger partial charge is 0.405 e. The van der Waals surface area contributed by atoms with Crippen LogP contribution in [0.25, 0.3) is 0 Å². The molecule has 7 N–H and O–H groups in total. The largest absolute Gasteiger partial charge is 0.506 e. The average molecular weight is 633 g/mol. The molecule has 6 atom stereocenters. The zero-order valence-electron chi connectivity index (χ0n) is 27.1. The van der Waals surface area contributed by atoms with Crippen molar-refractivity contribution in [1.29, 1.82) is 0 Å². The number of aliphatic imine (C=N–C) groups is 1. The molecule has 0 saturated heterocycles. The molecule has 1 aliphatic rings. The van der Waals surface area contributed by atoms with Crippen molar-refractivity contribution in [2.24, 2.45) is 22.6 Å². The summed E-state index contributed by atoms with van der Waals surface area (Å²) < 4.78 is 16.5. The van der Waals surface area contributed by atoms with Gasteiger partial charge in [-0.05, 0) is 45.4 Å². The molecular weight excluding hydrogens is 584 g/mol. The minimum Gasteiger partial charge on any atom is -0.506 e. The molecule has 1 aromatic rings. The van der Waals surface area contributed by atoms with Crippen molar-refractivity contribution in [3.05, 3.63) is 47.1 Å². The summed E-state index contributed by atoms with van der Waals surface area (Å²) in [7, 11) is 6.58. The van der Waals surface area contributed by atoms with Gasteiger partial charge in [0.25, 0.3) is 5.91 Å². The number of methoxy groups -OCH3 is 2. The van der Waals surface area contributed by atoms with Crippen molar-refractivity contribution in [2.45, 2.75) is 58.0 Å². The summed E-state index contributed by atoms with van der Waals surface area (Å²) >= 11 is 0. The number of primary amides is 1. The summed E-state index contributed by atoms with van der Waals surface area (Å²) in [5.74, 6) is -1.82. The number of fused-ring (bicyclic) bond motifs is 2. The van der Waals surface area contributed by atoms with Gasteiger partial charge in [-0.25, -0.2) is 4.79 Å². The summed E-state index contributed by atoms with van der Waals surface area (Å²) in [5.41, 5.74) is 6.31. The van der Waals surface area contributed by atoms with E-state index in [0.717, 1.165) is 0 Å². The van der Waals surface area contributed by atoms with Crippen LogP contribution in [0.4, 0.5) is 16.2 Å². The monoisotopic (exact) mass is 632 g/mol. The van der Waals surface area contributed by atoms with Gasteiger partial charge in [0.2, 0.25) is 0 Å². The number of benzene rings is 1. The molecule has 250 valence electrons. The van der Waals surface area contributed by atoms with Gasteiger partial charge in [-0.3, -0.25) is 9.79 Å². The van der Waals surface area contributed by atoms with Crippen molar-refractivity contribution in [1.82, 2.24) is 4.90 Å². The molecule has 0 aromatic heterocycles. The third-order valence-corrected chi connectivity index (χ3v) is 7.52. The van der Waals surface area contributed by atoms with Crippen molar-refractivity contribution in [3.8, 4) is 11.5 Å². The van der Waals surface area contributed by atoms with Crippen LogP contribution in [0.1, 0.15) is 32.8 Å². The number of aliphatic hydroxyl groups excluding tert-OH is 2. The fourth-order valence-electron chi connectivity index (χ4n) is 5.03. The van der Waals surface area contributed by atoms with Crippen LogP contribution in [-0.4, -0.2) is 109 Å². The number of anilines is 1. The number of nitrogens with two attached hydrogens (primary N) is 1. The summed E-state index contributed by atoms with van der Waals surface area (Å²) in [6.45, 7) is 5.14. The average Bonchev–Trinajstić information content (AvgIpc) is 2.98. The standard InChI is InChI=1S/C32H48N4O9/c1-18-13-22-27(34-11-12-36(4)5)24(38)16-23(29(22)40)35-31(41)19(2)9-8-10-25(43-6)30(45-32(33)42)21(17-37)15-20(3)28(39)26(14-18)44-7/h8-11,15-16,18,20,25-26,28,30,37-40H,12-14,17H2,1-7H3,(H2,33,42)(H,35,41)/t18-,20+,25+,26+,28-,30+/m1/s1. The molecule has 2 bridgehead atoms. The number of phenolic OH excluding ortho intramolecular Hbond substituents is 2. The summed E-state index contributed by atoms with van der Waals surface area (Å²) in [4.78, 5) is 31.2. The number of allylic oxidation sites excluding steroid dienone is 2. The third kappa shape index (κ3) is 10.7. The molecule has 0 fully saturated rings.